The monoisotopic (exact) mass is 251 g/mol. The van der Waals surface area contributed by atoms with Gasteiger partial charge in [-0.25, -0.2) is 0 Å². The Balaban J connectivity index is 2.78. The molecule has 0 atom stereocenters. The Kier molecular flexibility index (Phi) is 4.73. The lowest BCUT2D eigenvalue weighted by Crippen LogP contribution is -2.47. The molecule has 1 N–H and O–H groups in total. The largest absolute Gasteiger partial charge is 0.494 e. The van der Waals surface area contributed by atoms with Crippen LogP contribution in [0.15, 0.2) is 24.3 Å². The van der Waals surface area contributed by atoms with E-state index in [0.717, 1.165) is 11.3 Å². The SMILES string of the molecule is CCOc1cccc(CN(C)C(C)(C)C(=O)O)c1. The summed E-state index contributed by atoms with van der Waals surface area (Å²) in [7, 11) is 1.81. The molecule has 18 heavy (non-hydrogen) atoms. The van der Waals surface area contributed by atoms with Crippen LogP contribution in [-0.2, 0) is 11.3 Å². The van der Waals surface area contributed by atoms with E-state index in [9.17, 15) is 4.79 Å². The average molecular weight is 251 g/mol. The second-order valence-corrected chi connectivity index (χ2v) is 4.80. The lowest BCUT2D eigenvalue weighted by atomic mass is 10.0. The highest BCUT2D eigenvalue weighted by Gasteiger charge is 2.31. The summed E-state index contributed by atoms with van der Waals surface area (Å²) in [5.74, 6) is -0.0116. The highest BCUT2D eigenvalue weighted by Crippen LogP contribution is 2.19. The third-order valence-corrected chi connectivity index (χ3v) is 3.11. The first-order chi connectivity index (χ1) is 8.37. The van der Waals surface area contributed by atoms with Gasteiger partial charge in [-0.1, -0.05) is 12.1 Å². The van der Waals surface area contributed by atoms with Crippen molar-refractivity contribution in [2.24, 2.45) is 0 Å². The standard InChI is InChI=1S/C14H21NO3/c1-5-18-12-8-6-7-11(9-12)10-15(4)14(2,3)13(16)17/h6-9H,5,10H2,1-4H3,(H,16,17). The maximum atomic E-state index is 11.2. The fourth-order valence-electron chi connectivity index (χ4n) is 1.54. The van der Waals surface area contributed by atoms with Crippen molar-refractivity contribution in [2.75, 3.05) is 13.7 Å². The number of ether oxygens (including phenoxy) is 1. The molecular weight excluding hydrogens is 230 g/mol. The van der Waals surface area contributed by atoms with Gasteiger partial charge in [-0.2, -0.15) is 0 Å². The Morgan fingerprint density at radius 1 is 1.44 bits per heavy atom. The summed E-state index contributed by atoms with van der Waals surface area (Å²) in [5, 5.41) is 9.16. The predicted octanol–water partition coefficient (Wildman–Crippen LogP) is 2.38. The van der Waals surface area contributed by atoms with Crippen LogP contribution < -0.4 is 4.74 Å². The second-order valence-electron chi connectivity index (χ2n) is 4.80. The van der Waals surface area contributed by atoms with Gasteiger partial charge in [0.15, 0.2) is 0 Å². The summed E-state index contributed by atoms with van der Waals surface area (Å²) in [5.41, 5.74) is 0.152. The molecule has 0 aromatic heterocycles. The molecule has 100 valence electrons. The molecule has 0 saturated heterocycles. The molecule has 0 amide bonds. The molecule has 1 aromatic carbocycles. The molecular formula is C14H21NO3. The van der Waals surface area contributed by atoms with Gasteiger partial charge < -0.3 is 9.84 Å². The zero-order chi connectivity index (χ0) is 13.8. The fourth-order valence-corrected chi connectivity index (χ4v) is 1.54. The Hall–Kier alpha value is -1.55. The number of aliphatic carboxylic acids is 1. The number of carboxylic acids is 1. The molecule has 0 spiro atoms. The van der Waals surface area contributed by atoms with E-state index in [2.05, 4.69) is 0 Å². The van der Waals surface area contributed by atoms with Crippen LogP contribution in [0, 0.1) is 0 Å². The minimum absolute atomic E-state index is 0.570. The van der Waals surface area contributed by atoms with Crippen molar-refractivity contribution in [1.82, 2.24) is 4.90 Å². The van der Waals surface area contributed by atoms with Crippen LogP contribution in [0.2, 0.25) is 0 Å². The van der Waals surface area contributed by atoms with E-state index in [1.54, 1.807) is 18.7 Å². The maximum Gasteiger partial charge on any atom is 0.323 e. The molecule has 0 aliphatic carbocycles. The Labute approximate surface area is 108 Å². The van der Waals surface area contributed by atoms with Crippen LogP contribution in [0.4, 0.5) is 0 Å². The molecule has 0 bridgehead atoms. The molecule has 0 aliphatic heterocycles. The first-order valence-corrected chi connectivity index (χ1v) is 6.04. The first kappa shape index (κ1) is 14.5. The summed E-state index contributed by atoms with van der Waals surface area (Å²) in [6.07, 6.45) is 0. The van der Waals surface area contributed by atoms with Crippen LogP contribution >= 0.6 is 0 Å². The number of hydrogen-bond donors (Lipinski definition) is 1. The number of carboxylic acid groups (broad SMARTS) is 1. The Morgan fingerprint density at radius 2 is 2.11 bits per heavy atom. The first-order valence-electron chi connectivity index (χ1n) is 6.04. The number of carbonyl (C=O) groups is 1. The van der Waals surface area contributed by atoms with E-state index in [1.165, 1.54) is 0 Å². The van der Waals surface area contributed by atoms with Gasteiger partial charge in [0.05, 0.1) is 6.61 Å². The zero-order valence-corrected chi connectivity index (χ0v) is 11.4. The topological polar surface area (TPSA) is 49.8 Å². The highest BCUT2D eigenvalue weighted by molar-refractivity contribution is 5.77. The fraction of sp³-hybridized carbons (Fsp3) is 0.500. The number of likely N-dealkylation sites (N-methyl/N-ethyl adjacent to an activating group) is 1. The zero-order valence-electron chi connectivity index (χ0n) is 11.4. The van der Waals surface area contributed by atoms with Crippen molar-refractivity contribution in [2.45, 2.75) is 32.9 Å². The van der Waals surface area contributed by atoms with E-state index in [-0.39, 0.29) is 0 Å². The third-order valence-electron chi connectivity index (χ3n) is 3.11. The number of hydrogen-bond acceptors (Lipinski definition) is 3. The second kappa shape index (κ2) is 5.87. The minimum Gasteiger partial charge on any atom is -0.494 e. The van der Waals surface area contributed by atoms with Gasteiger partial charge >= 0.3 is 5.97 Å². The van der Waals surface area contributed by atoms with Crippen LogP contribution in [0.1, 0.15) is 26.3 Å². The van der Waals surface area contributed by atoms with Crippen LogP contribution in [0.5, 0.6) is 5.75 Å². The minimum atomic E-state index is -0.887. The van der Waals surface area contributed by atoms with Crippen LogP contribution in [-0.4, -0.2) is 35.2 Å². The van der Waals surface area contributed by atoms with Gasteiger partial charge in [0, 0.05) is 6.54 Å². The predicted molar refractivity (Wildman–Crippen MR) is 70.8 cm³/mol. The van der Waals surface area contributed by atoms with E-state index < -0.39 is 11.5 Å². The van der Waals surface area contributed by atoms with Crippen LogP contribution in [0.3, 0.4) is 0 Å². The van der Waals surface area contributed by atoms with Gasteiger partial charge in [-0.05, 0) is 45.5 Å². The lowest BCUT2D eigenvalue weighted by Gasteiger charge is -2.31. The van der Waals surface area contributed by atoms with Crippen molar-refractivity contribution in [1.29, 1.82) is 0 Å². The van der Waals surface area contributed by atoms with Crippen molar-refractivity contribution >= 4 is 5.97 Å². The molecule has 4 nitrogen and oxygen atoms in total. The Morgan fingerprint density at radius 3 is 2.67 bits per heavy atom. The summed E-state index contributed by atoms with van der Waals surface area (Å²) < 4.78 is 5.43. The highest BCUT2D eigenvalue weighted by atomic mass is 16.5. The number of rotatable bonds is 6. The van der Waals surface area contributed by atoms with Gasteiger partial charge in [-0.3, -0.25) is 9.69 Å². The summed E-state index contributed by atoms with van der Waals surface area (Å²) >= 11 is 0. The van der Waals surface area contributed by atoms with E-state index >= 15 is 0 Å². The van der Waals surface area contributed by atoms with E-state index in [0.29, 0.717) is 13.2 Å². The van der Waals surface area contributed by atoms with Gasteiger partial charge in [0.25, 0.3) is 0 Å². The van der Waals surface area contributed by atoms with Crippen molar-refractivity contribution in [3.8, 4) is 5.75 Å². The molecule has 0 unspecified atom stereocenters. The molecule has 0 saturated carbocycles. The molecule has 0 heterocycles. The van der Waals surface area contributed by atoms with Crippen LogP contribution in [0.25, 0.3) is 0 Å². The third kappa shape index (κ3) is 3.47. The quantitative estimate of drug-likeness (QED) is 0.843. The molecule has 4 heteroatoms. The Bertz CT molecular complexity index is 415. The maximum absolute atomic E-state index is 11.2. The van der Waals surface area contributed by atoms with E-state index in [1.807, 2.05) is 38.2 Å². The molecule has 1 aromatic rings. The molecule has 1 rings (SSSR count). The van der Waals surface area contributed by atoms with Crippen molar-refractivity contribution in [3.63, 3.8) is 0 Å². The molecule has 0 aliphatic rings. The molecule has 0 radical (unpaired) electrons. The summed E-state index contributed by atoms with van der Waals surface area (Å²) in [4.78, 5) is 13.0. The summed E-state index contributed by atoms with van der Waals surface area (Å²) in [6.45, 7) is 6.52. The normalized spacial score (nSPS) is 11.6. The van der Waals surface area contributed by atoms with E-state index in [4.69, 9.17) is 9.84 Å². The summed E-state index contributed by atoms with van der Waals surface area (Å²) in [6, 6.07) is 7.73. The number of benzene rings is 1. The van der Waals surface area contributed by atoms with Crippen molar-refractivity contribution < 1.29 is 14.6 Å². The average Bonchev–Trinajstić information content (AvgIpc) is 2.29. The lowest BCUT2D eigenvalue weighted by molar-refractivity contribution is -0.148. The van der Waals surface area contributed by atoms with Gasteiger partial charge in [-0.15, -0.1) is 0 Å². The van der Waals surface area contributed by atoms with Gasteiger partial charge in [0.1, 0.15) is 11.3 Å². The van der Waals surface area contributed by atoms with Crippen molar-refractivity contribution in [3.05, 3.63) is 29.8 Å². The smallest absolute Gasteiger partial charge is 0.323 e. The number of nitrogens with zero attached hydrogens (tertiary/aromatic N) is 1. The molecule has 0 fully saturated rings. The van der Waals surface area contributed by atoms with Gasteiger partial charge in [0.2, 0.25) is 0 Å².